The molecule has 0 bridgehead atoms. The fraction of sp³-hybridized carbons (Fsp3) is 0.792. The minimum Gasteiger partial charge on any atom is -0.481 e. The highest BCUT2D eigenvalue weighted by Crippen LogP contribution is 2.68. The van der Waals surface area contributed by atoms with Gasteiger partial charge in [-0.1, -0.05) is 50.8 Å². The number of fused-ring (bicyclic) bond motifs is 6. The van der Waals surface area contributed by atoms with Crippen molar-refractivity contribution in [1.29, 1.82) is 0 Å². The minimum atomic E-state index is -0.615. The van der Waals surface area contributed by atoms with Gasteiger partial charge in [0.25, 0.3) is 0 Å². The first-order valence-corrected chi connectivity index (χ1v) is 12.1. The van der Waals surface area contributed by atoms with Crippen molar-refractivity contribution in [3.63, 3.8) is 0 Å². The van der Waals surface area contributed by atoms with Crippen LogP contribution >= 0.6 is 11.5 Å². The molecule has 0 radical (unpaired) electrons. The number of aliphatic carboxylic acids is 1. The average Bonchev–Trinajstić information content (AvgIpc) is 3.24. The molecule has 29 heavy (non-hydrogen) atoms. The van der Waals surface area contributed by atoms with Crippen molar-refractivity contribution < 1.29 is 9.90 Å². The lowest BCUT2D eigenvalue weighted by atomic mass is 9.45. The van der Waals surface area contributed by atoms with E-state index in [1.165, 1.54) is 29.8 Å². The van der Waals surface area contributed by atoms with Crippen molar-refractivity contribution in [3.05, 3.63) is 22.2 Å². The molecular weight excluding hydrogens is 380 g/mol. The van der Waals surface area contributed by atoms with E-state index in [4.69, 9.17) is 0 Å². The second kappa shape index (κ2) is 6.15. The lowest BCUT2D eigenvalue weighted by Gasteiger charge is -2.59. The number of nitrogens with zero attached hydrogens (tertiary/aromatic N) is 2. The Morgan fingerprint density at radius 2 is 1.97 bits per heavy atom. The van der Waals surface area contributed by atoms with Gasteiger partial charge in [-0.3, -0.25) is 4.79 Å². The van der Waals surface area contributed by atoms with Crippen molar-refractivity contribution in [2.24, 2.45) is 40.4 Å². The van der Waals surface area contributed by atoms with E-state index in [1.807, 2.05) is 6.92 Å². The van der Waals surface area contributed by atoms with Gasteiger partial charge < -0.3 is 5.11 Å². The summed E-state index contributed by atoms with van der Waals surface area (Å²) >= 11 is 1.59. The summed E-state index contributed by atoms with van der Waals surface area (Å²) in [6, 6.07) is 0. The first-order valence-electron chi connectivity index (χ1n) is 11.4. The molecule has 1 aromatic rings. The Morgan fingerprint density at radius 1 is 1.21 bits per heavy atom. The Morgan fingerprint density at radius 3 is 2.69 bits per heavy atom. The molecule has 1 heterocycles. The first kappa shape index (κ1) is 19.7. The Balaban J connectivity index is 1.53. The Kier molecular flexibility index (Phi) is 4.18. The number of carboxylic acid groups (broad SMARTS) is 1. The van der Waals surface area contributed by atoms with E-state index in [-0.39, 0.29) is 22.2 Å². The van der Waals surface area contributed by atoms with E-state index in [2.05, 4.69) is 43.4 Å². The first-order chi connectivity index (χ1) is 13.6. The number of allylic oxidation sites excluding steroid dienone is 2. The van der Waals surface area contributed by atoms with Crippen LogP contribution in [0.25, 0.3) is 0 Å². The predicted molar refractivity (Wildman–Crippen MR) is 115 cm³/mol. The predicted octanol–water partition coefficient (Wildman–Crippen LogP) is 5.49. The largest absolute Gasteiger partial charge is 0.481 e. The van der Waals surface area contributed by atoms with E-state index in [9.17, 15) is 9.90 Å². The number of carboxylic acids is 1. The molecule has 4 aliphatic rings. The average molecular weight is 415 g/mol. The van der Waals surface area contributed by atoms with E-state index in [0.717, 1.165) is 19.3 Å². The van der Waals surface area contributed by atoms with Crippen molar-refractivity contribution in [2.75, 3.05) is 0 Å². The second-order valence-corrected chi connectivity index (χ2v) is 12.2. The highest BCUT2D eigenvalue weighted by atomic mass is 32.1. The number of carbonyl (C=O) groups is 1. The van der Waals surface area contributed by atoms with E-state index < -0.39 is 5.97 Å². The zero-order valence-electron chi connectivity index (χ0n) is 18.4. The van der Waals surface area contributed by atoms with Gasteiger partial charge in [0.1, 0.15) is 0 Å². The zero-order valence-corrected chi connectivity index (χ0v) is 19.2. The van der Waals surface area contributed by atoms with Gasteiger partial charge in [0.05, 0.1) is 16.5 Å². The zero-order chi connectivity index (χ0) is 20.8. The van der Waals surface area contributed by atoms with Crippen molar-refractivity contribution >= 4 is 17.5 Å². The van der Waals surface area contributed by atoms with Crippen molar-refractivity contribution in [3.8, 4) is 0 Å². The van der Waals surface area contributed by atoms with E-state index in [1.54, 1.807) is 17.1 Å². The topological polar surface area (TPSA) is 63.1 Å². The SMILES string of the molecule is C[C@H](C(=O)O)[C@H]1CC[C@H]2[C@@H]3CC=C4C(C)(C)c5nnsc5C[C@]4(C)[C@H]3CC[C@]12C. The molecule has 2 saturated carbocycles. The molecule has 5 heteroatoms. The van der Waals surface area contributed by atoms with Gasteiger partial charge in [-0.15, -0.1) is 5.10 Å². The third-order valence-electron chi connectivity index (χ3n) is 9.88. The number of rotatable bonds is 2. The summed E-state index contributed by atoms with van der Waals surface area (Å²) in [6.45, 7) is 11.5. The van der Waals surface area contributed by atoms with Crippen LogP contribution in [-0.2, 0) is 16.6 Å². The standard InChI is InChI=1S/C24H34N2O2S/c1-13(21(27)28)15-7-8-16-14-6-9-19-22(2,3)20-18(29-26-25-20)12-24(19,5)17(14)10-11-23(15,16)4/h9,13-17H,6-8,10-12H2,1-5H3,(H,27,28)/t13-,14-,15+,16-,17-,23+,24+/m0/s1. The van der Waals surface area contributed by atoms with Crippen molar-refractivity contribution in [1.82, 2.24) is 9.59 Å². The molecule has 158 valence electrons. The van der Waals surface area contributed by atoms with E-state index >= 15 is 0 Å². The van der Waals surface area contributed by atoms with Gasteiger partial charge in [-0.2, -0.15) is 0 Å². The van der Waals surface area contributed by atoms with Crippen LogP contribution in [0.4, 0.5) is 0 Å². The Hall–Kier alpha value is -1.23. The normalized spacial score (nSPS) is 43.4. The maximum Gasteiger partial charge on any atom is 0.306 e. The smallest absolute Gasteiger partial charge is 0.306 e. The van der Waals surface area contributed by atoms with Gasteiger partial charge in [0.15, 0.2) is 0 Å². The molecule has 4 nitrogen and oxygen atoms in total. The summed E-state index contributed by atoms with van der Waals surface area (Å²) in [6.07, 6.45) is 9.48. The third kappa shape index (κ3) is 2.46. The summed E-state index contributed by atoms with van der Waals surface area (Å²) in [5, 5.41) is 14.2. The summed E-state index contributed by atoms with van der Waals surface area (Å²) in [5.74, 6) is 1.51. The molecule has 5 rings (SSSR count). The van der Waals surface area contributed by atoms with Gasteiger partial charge >= 0.3 is 5.97 Å². The summed E-state index contributed by atoms with van der Waals surface area (Å²) in [4.78, 5) is 13.1. The molecule has 0 unspecified atom stereocenters. The minimum absolute atomic E-state index is 0.0307. The molecule has 2 fully saturated rings. The Bertz CT molecular complexity index is 889. The van der Waals surface area contributed by atoms with Crippen LogP contribution in [-0.4, -0.2) is 20.7 Å². The fourth-order valence-corrected chi connectivity index (χ4v) is 9.55. The fourth-order valence-electron chi connectivity index (χ4n) is 8.58. The van der Waals surface area contributed by atoms with Crippen LogP contribution < -0.4 is 0 Å². The lowest BCUT2D eigenvalue weighted by Crippen LogP contribution is -2.54. The van der Waals surface area contributed by atoms with Crippen LogP contribution in [0.3, 0.4) is 0 Å². The lowest BCUT2D eigenvalue weighted by molar-refractivity contribution is -0.146. The molecule has 0 saturated heterocycles. The third-order valence-corrected chi connectivity index (χ3v) is 10.6. The molecule has 0 spiro atoms. The summed E-state index contributed by atoms with van der Waals surface area (Å²) in [5.41, 5.74) is 3.12. The number of hydrogen-bond donors (Lipinski definition) is 1. The monoisotopic (exact) mass is 414 g/mol. The molecular formula is C24H34N2O2S. The maximum absolute atomic E-state index is 11.8. The van der Waals surface area contributed by atoms with Crippen LogP contribution in [0.1, 0.15) is 77.3 Å². The molecule has 0 amide bonds. The Labute approximate surface area is 178 Å². The van der Waals surface area contributed by atoms with E-state index in [0.29, 0.717) is 23.7 Å². The summed E-state index contributed by atoms with van der Waals surface area (Å²) < 4.78 is 4.31. The number of hydrogen-bond acceptors (Lipinski definition) is 4. The van der Waals surface area contributed by atoms with Gasteiger partial charge in [0, 0.05) is 5.41 Å². The summed E-state index contributed by atoms with van der Waals surface area (Å²) in [7, 11) is 0. The molecule has 7 atom stereocenters. The molecule has 1 aromatic heterocycles. The maximum atomic E-state index is 11.8. The van der Waals surface area contributed by atoms with Crippen LogP contribution in [0.15, 0.2) is 11.6 Å². The molecule has 1 N–H and O–H groups in total. The van der Waals surface area contributed by atoms with Gasteiger partial charge in [-0.25, -0.2) is 0 Å². The van der Waals surface area contributed by atoms with Crippen LogP contribution in [0.2, 0.25) is 0 Å². The number of aromatic nitrogens is 2. The molecule has 0 aromatic carbocycles. The van der Waals surface area contributed by atoms with Gasteiger partial charge in [0.2, 0.25) is 0 Å². The highest BCUT2D eigenvalue weighted by Gasteiger charge is 2.61. The highest BCUT2D eigenvalue weighted by molar-refractivity contribution is 7.05. The van der Waals surface area contributed by atoms with Gasteiger partial charge in [-0.05, 0) is 84.6 Å². The quantitative estimate of drug-likeness (QED) is 0.650. The van der Waals surface area contributed by atoms with Crippen LogP contribution in [0.5, 0.6) is 0 Å². The molecule has 4 aliphatic carbocycles. The second-order valence-electron chi connectivity index (χ2n) is 11.3. The van der Waals surface area contributed by atoms with Crippen molar-refractivity contribution in [2.45, 2.75) is 78.6 Å². The molecule has 0 aliphatic heterocycles. The van der Waals surface area contributed by atoms with Crippen LogP contribution in [0, 0.1) is 40.4 Å².